The Labute approximate surface area is 238 Å². The molecule has 0 unspecified atom stereocenters. The second kappa shape index (κ2) is 10.7. The number of hydrogen-bond acceptors (Lipinski definition) is 8. The summed E-state index contributed by atoms with van der Waals surface area (Å²) in [4.78, 5) is 22.1. The van der Waals surface area contributed by atoms with Gasteiger partial charge in [0.15, 0.2) is 0 Å². The molecule has 1 N–H and O–H groups in total. The number of hydrogen-bond donors (Lipinski definition) is 1. The molecule has 2 bridgehead atoms. The van der Waals surface area contributed by atoms with E-state index in [1.165, 1.54) is 0 Å². The monoisotopic (exact) mass is 559 g/mol. The van der Waals surface area contributed by atoms with Gasteiger partial charge in [-0.15, -0.1) is 0 Å². The Morgan fingerprint density at radius 1 is 1.22 bits per heavy atom. The van der Waals surface area contributed by atoms with Crippen molar-refractivity contribution >= 4 is 29.0 Å². The fourth-order valence-corrected chi connectivity index (χ4v) is 5.26. The van der Waals surface area contributed by atoms with Crippen LogP contribution in [0, 0.1) is 6.92 Å². The summed E-state index contributed by atoms with van der Waals surface area (Å²) >= 11 is 0. The number of aryl methyl sites for hydroxylation is 3. The highest BCUT2D eigenvalue weighted by Gasteiger charge is 2.29. The molecule has 0 radical (unpaired) electrons. The zero-order valence-corrected chi connectivity index (χ0v) is 24.5. The van der Waals surface area contributed by atoms with Crippen LogP contribution in [0.5, 0.6) is 5.88 Å². The van der Waals surface area contributed by atoms with Gasteiger partial charge in [0.1, 0.15) is 17.3 Å². The van der Waals surface area contributed by atoms with Gasteiger partial charge < -0.3 is 19.3 Å². The number of pyridine rings is 1. The van der Waals surface area contributed by atoms with E-state index in [1.54, 1.807) is 4.68 Å². The van der Waals surface area contributed by atoms with E-state index in [2.05, 4.69) is 15.3 Å². The molecule has 0 saturated heterocycles. The van der Waals surface area contributed by atoms with Crippen molar-refractivity contribution in [2.24, 2.45) is 14.1 Å². The summed E-state index contributed by atoms with van der Waals surface area (Å²) in [6.07, 6.45) is 7.94. The van der Waals surface area contributed by atoms with Crippen LogP contribution in [-0.4, -0.2) is 89.8 Å². The molecule has 2 aliphatic rings. The average molecular weight is 560 g/mol. The van der Waals surface area contributed by atoms with Crippen molar-refractivity contribution in [2.45, 2.75) is 52.0 Å². The van der Waals surface area contributed by atoms with Crippen LogP contribution in [0.15, 0.2) is 12.3 Å². The van der Waals surface area contributed by atoms with Crippen molar-refractivity contribution in [3.8, 4) is 17.1 Å². The summed E-state index contributed by atoms with van der Waals surface area (Å²) in [5.41, 5.74) is 6.64. The van der Waals surface area contributed by atoms with Crippen LogP contribution in [0.3, 0.4) is 0 Å². The Morgan fingerprint density at radius 3 is 2.78 bits per heavy atom. The summed E-state index contributed by atoms with van der Waals surface area (Å²) in [7, 11) is 7.56. The van der Waals surface area contributed by atoms with Gasteiger partial charge in [-0.3, -0.25) is 19.6 Å². The summed E-state index contributed by atoms with van der Waals surface area (Å²) in [5.74, 6) is 0.601. The Morgan fingerprint density at radius 2 is 2.02 bits per heavy atom. The first-order chi connectivity index (χ1) is 19.7. The lowest BCUT2D eigenvalue weighted by atomic mass is 10.1. The van der Waals surface area contributed by atoms with E-state index >= 15 is 0 Å². The molecule has 4 aromatic rings. The molecule has 216 valence electrons. The van der Waals surface area contributed by atoms with Crippen LogP contribution in [-0.2, 0) is 36.8 Å². The number of nitrogens with zero attached hydrogens (tertiary/aromatic N) is 8. The number of carbonyl (C=O) groups excluding carboxylic acids is 1. The second-order valence-electron chi connectivity index (χ2n) is 11.3. The third-order valence-corrected chi connectivity index (χ3v) is 7.51. The van der Waals surface area contributed by atoms with E-state index in [1.807, 2.05) is 80.9 Å². The summed E-state index contributed by atoms with van der Waals surface area (Å²) in [6, 6.07) is 2.04. The zero-order chi connectivity index (χ0) is 28.8. The fourth-order valence-electron chi connectivity index (χ4n) is 5.26. The SMILES string of the molecule is Cc1nc2cc3c([nH]nc13)/C=C/c1cnn(C)c1CN(C(=O)CN(C)C)C[C@H](C)Oc1c-2c(COC2CC2)nn1C. The molecule has 1 saturated carbocycles. The first-order valence-electron chi connectivity index (χ1n) is 14.0. The number of nitrogens with one attached hydrogen (secondary N) is 1. The standard InChI is InChI=1S/C29H37N9O3/c1-17-13-38(26(39)15-35(3)4)14-25-19(12-30-36(25)5)7-10-22-21-11-23(31-18(2)28(21)33-32-22)27-24(16-40-20-8-9-20)34-37(6)29(27)41-17/h7,10-12,17,20H,8-9,13-16H2,1-6H3,(H,32,33)/b10-7+/t17-/m0/s1. The average Bonchev–Trinajstić information content (AvgIpc) is 3.45. The van der Waals surface area contributed by atoms with E-state index in [9.17, 15) is 4.79 Å². The van der Waals surface area contributed by atoms with Crippen LogP contribution >= 0.6 is 0 Å². The molecule has 1 aliphatic heterocycles. The number of aromatic nitrogens is 7. The van der Waals surface area contributed by atoms with Crippen molar-refractivity contribution in [3.63, 3.8) is 0 Å². The van der Waals surface area contributed by atoms with Crippen molar-refractivity contribution < 1.29 is 14.3 Å². The first kappa shape index (κ1) is 27.2. The van der Waals surface area contributed by atoms with E-state index in [0.717, 1.165) is 63.3 Å². The molecular formula is C29H37N9O3. The van der Waals surface area contributed by atoms with E-state index in [-0.39, 0.29) is 24.7 Å². The number of H-pyrrole nitrogens is 1. The van der Waals surface area contributed by atoms with Gasteiger partial charge in [-0.2, -0.15) is 15.3 Å². The maximum Gasteiger partial charge on any atom is 0.237 e. The Balaban J connectivity index is 1.51. The number of fused-ring (bicyclic) bond motifs is 4. The molecule has 1 fully saturated rings. The molecule has 12 nitrogen and oxygen atoms in total. The smallest absolute Gasteiger partial charge is 0.237 e. The molecule has 0 spiro atoms. The van der Waals surface area contributed by atoms with E-state index in [0.29, 0.717) is 25.6 Å². The van der Waals surface area contributed by atoms with Gasteiger partial charge in [-0.25, -0.2) is 4.68 Å². The van der Waals surface area contributed by atoms with Crippen molar-refractivity contribution in [2.75, 3.05) is 27.2 Å². The molecule has 41 heavy (non-hydrogen) atoms. The Kier molecular flexibility index (Phi) is 7.12. The first-order valence-corrected chi connectivity index (χ1v) is 14.0. The number of amides is 1. The molecule has 1 atom stereocenters. The highest BCUT2D eigenvalue weighted by atomic mass is 16.5. The number of carbonyl (C=O) groups is 1. The third-order valence-electron chi connectivity index (χ3n) is 7.51. The van der Waals surface area contributed by atoms with Crippen LogP contribution in [0.4, 0.5) is 0 Å². The lowest BCUT2D eigenvalue weighted by Crippen LogP contribution is -2.42. The Hall–Kier alpha value is -4.03. The lowest BCUT2D eigenvalue weighted by molar-refractivity contribution is -0.133. The minimum absolute atomic E-state index is 0.00821. The van der Waals surface area contributed by atoms with Crippen LogP contribution in [0.25, 0.3) is 34.3 Å². The Bertz CT molecular complexity index is 1630. The van der Waals surface area contributed by atoms with E-state index in [4.69, 9.17) is 19.6 Å². The van der Waals surface area contributed by atoms with Crippen LogP contribution in [0.2, 0.25) is 0 Å². The number of likely N-dealkylation sites (N-methyl/N-ethyl adjacent to an activating group) is 1. The minimum Gasteiger partial charge on any atom is -0.472 e. The van der Waals surface area contributed by atoms with Gasteiger partial charge in [0, 0.05) is 25.0 Å². The second-order valence-corrected chi connectivity index (χ2v) is 11.3. The van der Waals surface area contributed by atoms with Gasteiger partial charge in [0.25, 0.3) is 0 Å². The molecule has 1 amide bonds. The van der Waals surface area contributed by atoms with Gasteiger partial charge in [-0.05, 0) is 59.0 Å². The molecule has 6 rings (SSSR count). The summed E-state index contributed by atoms with van der Waals surface area (Å²) in [6.45, 7) is 5.37. The number of ether oxygens (including phenoxy) is 2. The van der Waals surface area contributed by atoms with Gasteiger partial charge in [-0.1, -0.05) is 0 Å². The normalized spacial score (nSPS) is 18.2. The van der Waals surface area contributed by atoms with E-state index < -0.39 is 0 Å². The summed E-state index contributed by atoms with van der Waals surface area (Å²) < 4.78 is 16.3. The van der Waals surface area contributed by atoms with Crippen molar-refractivity contribution in [1.82, 2.24) is 44.5 Å². The van der Waals surface area contributed by atoms with Crippen molar-refractivity contribution in [3.05, 3.63) is 40.6 Å². The van der Waals surface area contributed by atoms with Crippen LogP contribution in [0.1, 0.15) is 48.1 Å². The predicted molar refractivity (Wildman–Crippen MR) is 155 cm³/mol. The quantitative estimate of drug-likeness (QED) is 0.397. The van der Waals surface area contributed by atoms with Gasteiger partial charge in [0.2, 0.25) is 11.8 Å². The largest absolute Gasteiger partial charge is 0.472 e. The number of rotatable bonds is 5. The maximum absolute atomic E-state index is 13.4. The zero-order valence-electron chi connectivity index (χ0n) is 24.5. The minimum atomic E-state index is -0.334. The molecular weight excluding hydrogens is 522 g/mol. The molecule has 5 heterocycles. The van der Waals surface area contributed by atoms with Gasteiger partial charge in [0.05, 0.1) is 66.9 Å². The highest BCUT2D eigenvalue weighted by molar-refractivity contribution is 5.93. The molecule has 12 heteroatoms. The predicted octanol–water partition coefficient (Wildman–Crippen LogP) is 2.92. The topological polar surface area (TPSA) is 119 Å². The summed E-state index contributed by atoms with van der Waals surface area (Å²) in [5, 5.41) is 18.0. The molecule has 1 aliphatic carbocycles. The maximum atomic E-state index is 13.4. The number of aromatic amines is 1. The lowest BCUT2D eigenvalue weighted by Gasteiger charge is -2.28. The van der Waals surface area contributed by atoms with Gasteiger partial charge >= 0.3 is 0 Å². The highest BCUT2D eigenvalue weighted by Crippen LogP contribution is 2.37. The van der Waals surface area contributed by atoms with Crippen molar-refractivity contribution in [1.29, 1.82) is 0 Å². The molecule has 4 aromatic heterocycles. The van der Waals surface area contributed by atoms with Crippen LogP contribution < -0.4 is 4.74 Å². The molecule has 0 aromatic carbocycles. The fraction of sp³-hybridized carbons (Fsp3) is 0.483. The third kappa shape index (κ3) is 5.49.